The SMILES string of the molecule is CCC(CNC(=O)N1CCCSCC1)CC(=O)O. The van der Waals surface area contributed by atoms with Gasteiger partial charge in [0.2, 0.25) is 0 Å². The van der Waals surface area contributed by atoms with Crippen LogP contribution in [0.1, 0.15) is 26.2 Å². The Bertz CT molecular complexity index is 278. The first kappa shape index (κ1) is 15.1. The second-order valence-electron chi connectivity index (χ2n) is 4.51. The van der Waals surface area contributed by atoms with Gasteiger partial charge >= 0.3 is 12.0 Å². The molecule has 0 spiro atoms. The highest BCUT2D eigenvalue weighted by atomic mass is 32.2. The molecule has 0 aromatic heterocycles. The molecule has 1 rings (SSSR count). The topological polar surface area (TPSA) is 69.6 Å². The van der Waals surface area contributed by atoms with Gasteiger partial charge in [0.25, 0.3) is 0 Å². The van der Waals surface area contributed by atoms with Crippen molar-refractivity contribution in [1.29, 1.82) is 0 Å². The van der Waals surface area contributed by atoms with Gasteiger partial charge in [-0.3, -0.25) is 4.79 Å². The molecular formula is C12H22N2O3S. The van der Waals surface area contributed by atoms with E-state index in [0.717, 1.165) is 37.4 Å². The average molecular weight is 274 g/mol. The van der Waals surface area contributed by atoms with E-state index in [1.54, 1.807) is 0 Å². The van der Waals surface area contributed by atoms with Gasteiger partial charge in [-0.1, -0.05) is 13.3 Å². The summed E-state index contributed by atoms with van der Waals surface area (Å²) in [6, 6.07) is -0.0543. The molecule has 2 N–H and O–H groups in total. The fourth-order valence-electron chi connectivity index (χ4n) is 1.90. The standard InChI is InChI=1S/C12H22N2O3S/c1-2-10(8-11(15)16)9-13-12(17)14-4-3-6-18-7-5-14/h10H,2-9H2,1H3,(H,13,17)(H,15,16). The average Bonchev–Trinajstić information content (AvgIpc) is 2.62. The number of hydrogen-bond acceptors (Lipinski definition) is 3. The van der Waals surface area contributed by atoms with Crippen LogP contribution in [0.25, 0.3) is 0 Å². The highest BCUT2D eigenvalue weighted by Crippen LogP contribution is 2.11. The Kier molecular flexibility index (Phi) is 6.93. The fourth-order valence-corrected chi connectivity index (χ4v) is 2.79. The summed E-state index contributed by atoms with van der Waals surface area (Å²) in [7, 11) is 0. The summed E-state index contributed by atoms with van der Waals surface area (Å²) < 4.78 is 0. The van der Waals surface area contributed by atoms with Crippen molar-refractivity contribution in [3.05, 3.63) is 0 Å². The van der Waals surface area contributed by atoms with Gasteiger partial charge in [-0.05, 0) is 18.1 Å². The summed E-state index contributed by atoms with van der Waals surface area (Å²) in [6.07, 6.45) is 1.92. The number of rotatable bonds is 5. The van der Waals surface area contributed by atoms with E-state index in [9.17, 15) is 9.59 Å². The summed E-state index contributed by atoms with van der Waals surface area (Å²) >= 11 is 1.87. The maximum absolute atomic E-state index is 11.9. The number of carboxylic acid groups (broad SMARTS) is 1. The predicted molar refractivity (Wildman–Crippen MR) is 72.9 cm³/mol. The highest BCUT2D eigenvalue weighted by molar-refractivity contribution is 7.99. The van der Waals surface area contributed by atoms with Gasteiger partial charge in [-0.15, -0.1) is 0 Å². The molecule has 1 atom stereocenters. The smallest absolute Gasteiger partial charge is 0.317 e. The Morgan fingerprint density at radius 2 is 2.17 bits per heavy atom. The zero-order valence-electron chi connectivity index (χ0n) is 10.9. The van der Waals surface area contributed by atoms with Crippen LogP contribution in [0.4, 0.5) is 4.79 Å². The summed E-state index contributed by atoms with van der Waals surface area (Å²) in [5, 5.41) is 11.6. The third kappa shape index (κ3) is 5.62. The minimum Gasteiger partial charge on any atom is -0.481 e. The zero-order chi connectivity index (χ0) is 13.4. The molecule has 1 aliphatic heterocycles. The lowest BCUT2D eigenvalue weighted by atomic mass is 10.0. The summed E-state index contributed by atoms with van der Waals surface area (Å²) in [5.41, 5.74) is 0. The maximum Gasteiger partial charge on any atom is 0.317 e. The van der Waals surface area contributed by atoms with Gasteiger partial charge < -0.3 is 15.3 Å². The number of urea groups is 1. The van der Waals surface area contributed by atoms with E-state index in [4.69, 9.17) is 5.11 Å². The Labute approximate surface area is 112 Å². The summed E-state index contributed by atoms with van der Waals surface area (Å²) in [5.74, 6) is 1.32. The number of nitrogens with zero attached hydrogens (tertiary/aromatic N) is 1. The Hall–Kier alpha value is -0.910. The van der Waals surface area contributed by atoms with E-state index in [2.05, 4.69) is 5.32 Å². The highest BCUT2D eigenvalue weighted by Gasteiger charge is 2.17. The third-order valence-corrected chi connectivity index (χ3v) is 4.14. The molecule has 0 aromatic carbocycles. The van der Waals surface area contributed by atoms with Gasteiger partial charge in [-0.25, -0.2) is 4.79 Å². The van der Waals surface area contributed by atoms with Crippen molar-refractivity contribution in [3.8, 4) is 0 Å². The molecule has 6 heteroatoms. The Morgan fingerprint density at radius 1 is 1.39 bits per heavy atom. The number of aliphatic carboxylic acids is 1. The van der Waals surface area contributed by atoms with E-state index in [1.165, 1.54) is 0 Å². The van der Waals surface area contributed by atoms with Crippen molar-refractivity contribution < 1.29 is 14.7 Å². The lowest BCUT2D eigenvalue weighted by molar-refractivity contribution is -0.138. The molecule has 2 amide bonds. The zero-order valence-corrected chi connectivity index (χ0v) is 11.7. The molecule has 0 radical (unpaired) electrons. The van der Waals surface area contributed by atoms with Crippen LogP contribution >= 0.6 is 11.8 Å². The largest absolute Gasteiger partial charge is 0.481 e. The van der Waals surface area contributed by atoms with Gasteiger partial charge in [0, 0.05) is 31.8 Å². The molecule has 1 unspecified atom stereocenters. The van der Waals surface area contributed by atoms with Crippen molar-refractivity contribution in [2.24, 2.45) is 5.92 Å². The minimum absolute atomic E-state index is 0.0211. The van der Waals surface area contributed by atoms with Crippen LogP contribution < -0.4 is 5.32 Å². The van der Waals surface area contributed by atoms with Crippen molar-refractivity contribution in [1.82, 2.24) is 10.2 Å². The molecule has 1 heterocycles. The quantitative estimate of drug-likeness (QED) is 0.799. The maximum atomic E-state index is 11.9. The van der Waals surface area contributed by atoms with E-state index in [-0.39, 0.29) is 18.4 Å². The number of thioether (sulfide) groups is 1. The van der Waals surface area contributed by atoms with Crippen LogP contribution in [0.2, 0.25) is 0 Å². The van der Waals surface area contributed by atoms with Crippen LogP contribution in [0, 0.1) is 5.92 Å². The monoisotopic (exact) mass is 274 g/mol. The van der Waals surface area contributed by atoms with E-state index in [1.807, 2.05) is 23.6 Å². The fraction of sp³-hybridized carbons (Fsp3) is 0.833. The Balaban J connectivity index is 2.31. The van der Waals surface area contributed by atoms with E-state index < -0.39 is 5.97 Å². The first-order chi connectivity index (χ1) is 8.63. The molecule has 1 fully saturated rings. The van der Waals surface area contributed by atoms with Gasteiger partial charge in [-0.2, -0.15) is 11.8 Å². The number of carbonyl (C=O) groups excluding carboxylic acids is 1. The molecule has 0 aliphatic carbocycles. The van der Waals surface area contributed by atoms with Crippen molar-refractivity contribution in [2.45, 2.75) is 26.2 Å². The normalized spacial score (nSPS) is 17.9. The van der Waals surface area contributed by atoms with E-state index >= 15 is 0 Å². The number of carboxylic acids is 1. The lowest BCUT2D eigenvalue weighted by Crippen LogP contribution is -2.43. The lowest BCUT2D eigenvalue weighted by Gasteiger charge is -2.22. The van der Waals surface area contributed by atoms with Crippen LogP contribution in [0.15, 0.2) is 0 Å². The molecule has 1 saturated heterocycles. The van der Waals surface area contributed by atoms with E-state index in [0.29, 0.717) is 6.54 Å². The predicted octanol–water partition coefficient (Wildman–Crippen LogP) is 1.64. The second-order valence-corrected chi connectivity index (χ2v) is 5.74. The molecule has 18 heavy (non-hydrogen) atoms. The van der Waals surface area contributed by atoms with Crippen molar-refractivity contribution in [3.63, 3.8) is 0 Å². The van der Waals surface area contributed by atoms with Crippen LogP contribution in [0.3, 0.4) is 0 Å². The summed E-state index contributed by atoms with van der Waals surface area (Å²) in [4.78, 5) is 24.4. The van der Waals surface area contributed by atoms with Gasteiger partial charge in [0.1, 0.15) is 0 Å². The second kappa shape index (κ2) is 8.24. The third-order valence-electron chi connectivity index (χ3n) is 3.09. The molecule has 1 aliphatic rings. The molecule has 0 aromatic rings. The first-order valence-electron chi connectivity index (χ1n) is 6.45. The molecule has 5 nitrogen and oxygen atoms in total. The Morgan fingerprint density at radius 3 is 2.83 bits per heavy atom. The molecule has 104 valence electrons. The number of amides is 2. The minimum atomic E-state index is -0.803. The molecule has 0 saturated carbocycles. The number of carbonyl (C=O) groups is 2. The van der Waals surface area contributed by atoms with Crippen LogP contribution in [-0.2, 0) is 4.79 Å². The van der Waals surface area contributed by atoms with Gasteiger partial charge in [0.05, 0.1) is 0 Å². The van der Waals surface area contributed by atoms with Gasteiger partial charge in [0.15, 0.2) is 0 Å². The van der Waals surface area contributed by atoms with Crippen LogP contribution in [0.5, 0.6) is 0 Å². The first-order valence-corrected chi connectivity index (χ1v) is 7.61. The van der Waals surface area contributed by atoms with Crippen LogP contribution in [-0.4, -0.2) is 53.1 Å². The molecular weight excluding hydrogens is 252 g/mol. The number of hydrogen-bond donors (Lipinski definition) is 2. The van der Waals surface area contributed by atoms with Crippen molar-refractivity contribution >= 4 is 23.8 Å². The number of nitrogens with one attached hydrogen (secondary N) is 1. The molecule has 0 bridgehead atoms. The van der Waals surface area contributed by atoms with Crippen molar-refractivity contribution in [2.75, 3.05) is 31.1 Å². The summed E-state index contributed by atoms with van der Waals surface area (Å²) in [6.45, 7) is 3.98.